The van der Waals surface area contributed by atoms with Crippen molar-refractivity contribution in [2.45, 2.75) is 72.1 Å². The van der Waals surface area contributed by atoms with E-state index in [0.29, 0.717) is 19.8 Å². The molecule has 2 N–H and O–H groups in total. The van der Waals surface area contributed by atoms with Crippen LogP contribution in [0, 0.1) is 13.8 Å². The van der Waals surface area contributed by atoms with Crippen molar-refractivity contribution in [3.05, 3.63) is 65.2 Å². The summed E-state index contributed by atoms with van der Waals surface area (Å²) >= 11 is 0. The van der Waals surface area contributed by atoms with E-state index in [1.807, 2.05) is 45.0 Å². The average molecular weight is 427 g/mol. The van der Waals surface area contributed by atoms with Gasteiger partial charge >= 0.3 is 6.09 Å². The monoisotopic (exact) mass is 426 g/mol. The van der Waals surface area contributed by atoms with Gasteiger partial charge < -0.3 is 20.1 Å². The molecule has 0 aliphatic heterocycles. The van der Waals surface area contributed by atoms with Gasteiger partial charge in [-0.2, -0.15) is 0 Å². The van der Waals surface area contributed by atoms with E-state index in [2.05, 4.69) is 48.7 Å². The summed E-state index contributed by atoms with van der Waals surface area (Å²) in [5.41, 5.74) is 4.25. The number of hydrogen-bond donors (Lipinski definition) is 2. The molecule has 0 aromatic heterocycles. The van der Waals surface area contributed by atoms with E-state index in [0.717, 1.165) is 24.9 Å². The van der Waals surface area contributed by atoms with Crippen LogP contribution in [0.3, 0.4) is 0 Å². The molecule has 0 heterocycles. The average Bonchev–Trinajstić information content (AvgIpc) is 2.70. The van der Waals surface area contributed by atoms with Gasteiger partial charge in [0.25, 0.3) is 0 Å². The number of benzene rings is 2. The number of rotatable bonds is 11. The Morgan fingerprint density at radius 3 is 2.45 bits per heavy atom. The zero-order chi connectivity index (χ0) is 22.7. The van der Waals surface area contributed by atoms with E-state index < -0.39 is 5.60 Å². The molecule has 0 bridgehead atoms. The number of alkyl carbamates (subject to hydrolysis) is 1. The molecule has 0 saturated carbocycles. The Kier molecular flexibility index (Phi) is 9.86. The van der Waals surface area contributed by atoms with Crippen LogP contribution >= 0.6 is 0 Å². The van der Waals surface area contributed by atoms with E-state index >= 15 is 0 Å². The predicted molar refractivity (Wildman–Crippen MR) is 128 cm³/mol. The third-order valence-corrected chi connectivity index (χ3v) is 5.07. The minimum absolute atomic E-state index is 0.0242. The van der Waals surface area contributed by atoms with Crippen LogP contribution in [0.15, 0.2) is 48.5 Å². The van der Waals surface area contributed by atoms with Gasteiger partial charge in [-0.25, -0.2) is 4.79 Å². The Morgan fingerprint density at radius 2 is 1.74 bits per heavy atom. The van der Waals surface area contributed by atoms with Crippen molar-refractivity contribution in [3.63, 3.8) is 0 Å². The second-order valence-electron chi connectivity index (χ2n) is 9.01. The normalized spacial score (nSPS) is 12.3. The molecule has 5 nitrogen and oxygen atoms in total. The lowest BCUT2D eigenvalue weighted by Gasteiger charge is -2.24. The highest BCUT2D eigenvalue weighted by Crippen LogP contribution is 2.18. The topological polar surface area (TPSA) is 59.6 Å². The molecule has 170 valence electrons. The minimum Gasteiger partial charge on any atom is -0.444 e. The number of hydrogen-bond acceptors (Lipinski definition) is 4. The molecule has 0 saturated heterocycles. The Balaban J connectivity index is 1.81. The van der Waals surface area contributed by atoms with Gasteiger partial charge in [-0.05, 0) is 76.6 Å². The molecule has 1 atom stereocenters. The Hall–Kier alpha value is -2.53. The second kappa shape index (κ2) is 12.4. The highest BCUT2D eigenvalue weighted by atomic mass is 16.6. The summed E-state index contributed by atoms with van der Waals surface area (Å²) in [5.74, 6) is 0. The van der Waals surface area contributed by atoms with Gasteiger partial charge in [0.05, 0.1) is 6.61 Å². The fraction of sp³-hybridized carbons (Fsp3) is 0.500. The number of anilines is 1. The number of aryl methyl sites for hydroxylation is 1. The molecule has 2 aromatic rings. The van der Waals surface area contributed by atoms with Crippen LogP contribution < -0.4 is 10.6 Å². The molecule has 2 aromatic carbocycles. The first-order valence-electron chi connectivity index (χ1n) is 11.2. The van der Waals surface area contributed by atoms with Crippen molar-refractivity contribution in [1.82, 2.24) is 5.32 Å². The number of ether oxygens (including phenoxy) is 2. The molecule has 0 spiro atoms. The smallest absolute Gasteiger partial charge is 0.407 e. The van der Waals surface area contributed by atoms with Crippen LogP contribution in [-0.4, -0.2) is 30.9 Å². The first-order valence-corrected chi connectivity index (χ1v) is 11.2. The molecular weight excluding hydrogens is 388 g/mol. The molecule has 31 heavy (non-hydrogen) atoms. The first-order chi connectivity index (χ1) is 14.7. The van der Waals surface area contributed by atoms with E-state index in [1.54, 1.807) is 0 Å². The summed E-state index contributed by atoms with van der Waals surface area (Å²) in [7, 11) is 0. The number of carbonyl (C=O) groups is 1. The maximum absolute atomic E-state index is 12.3. The molecule has 0 aliphatic carbocycles. The third-order valence-electron chi connectivity index (χ3n) is 5.07. The summed E-state index contributed by atoms with van der Waals surface area (Å²) in [6.45, 7) is 11.8. The lowest BCUT2D eigenvalue weighted by molar-refractivity contribution is 0.0503. The van der Waals surface area contributed by atoms with E-state index in [1.165, 1.54) is 16.7 Å². The van der Waals surface area contributed by atoms with Crippen LogP contribution in [0.4, 0.5) is 10.5 Å². The summed E-state index contributed by atoms with van der Waals surface area (Å²) in [5, 5.41) is 6.52. The molecule has 5 heteroatoms. The maximum Gasteiger partial charge on any atom is 0.407 e. The van der Waals surface area contributed by atoms with Gasteiger partial charge in [0.1, 0.15) is 5.60 Å². The highest BCUT2D eigenvalue weighted by molar-refractivity contribution is 5.68. The van der Waals surface area contributed by atoms with Crippen LogP contribution in [0.25, 0.3) is 0 Å². The highest BCUT2D eigenvalue weighted by Gasteiger charge is 2.19. The Morgan fingerprint density at radius 1 is 1.00 bits per heavy atom. The van der Waals surface area contributed by atoms with Gasteiger partial charge in [-0.1, -0.05) is 42.5 Å². The standard InChI is InChI=1S/C26H38N2O3/c1-20-12-11-16-24(21(20)2)27-18-23(28-25(29)31-26(3,4)5)15-9-10-17-30-19-22-13-7-6-8-14-22/h6-8,11-14,16,23,27H,9-10,15,17-19H2,1-5H3,(H,28,29). The maximum atomic E-state index is 12.3. The Labute approximate surface area is 187 Å². The SMILES string of the molecule is Cc1cccc(NCC(CCCCOCc2ccccc2)NC(=O)OC(C)(C)C)c1C. The summed E-state index contributed by atoms with van der Waals surface area (Å²) in [6.07, 6.45) is 2.39. The van der Waals surface area contributed by atoms with Crippen molar-refractivity contribution in [2.24, 2.45) is 0 Å². The molecule has 1 amide bonds. The molecule has 0 radical (unpaired) electrons. The summed E-state index contributed by atoms with van der Waals surface area (Å²) in [4.78, 5) is 12.3. The van der Waals surface area contributed by atoms with Crippen molar-refractivity contribution in [1.29, 1.82) is 0 Å². The van der Waals surface area contributed by atoms with Crippen molar-refractivity contribution >= 4 is 11.8 Å². The largest absolute Gasteiger partial charge is 0.444 e. The minimum atomic E-state index is -0.513. The molecular formula is C26H38N2O3. The van der Waals surface area contributed by atoms with Gasteiger partial charge in [-0.15, -0.1) is 0 Å². The van der Waals surface area contributed by atoms with Crippen LogP contribution in [0.2, 0.25) is 0 Å². The van der Waals surface area contributed by atoms with Gasteiger partial charge in [0.2, 0.25) is 0 Å². The first kappa shape index (κ1) is 24.7. The predicted octanol–water partition coefficient (Wildman–Crippen LogP) is 6.00. The molecule has 2 rings (SSSR count). The summed E-state index contributed by atoms with van der Waals surface area (Å²) < 4.78 is 11.2. The number of carbonyl (C=O) groups excluding carboxylic acids is 1. The lowest BCUT2D eigenvalue weighted by atomic mass is 10.1. The summed E-state index contributed by atoms with van der Waals surface area (Å²) in [6, 6.07) is 16.4. The van der Waals surface area contributed by atoms with Crippen LogP contribution in [-0.2, 0) is 16.1 Å². The third kappa shape index (κ3) is 9.88. The molecule has 0 fully saturated rings. The van der Waals surface area contributed by atoms with E-state index in [9.17, 15) is 4.79 Å². The second-order valence-corrected chi connectivity index (χ2v) is 9.01. The van der Waals surface area contributed by atoms with Crippen molar-refractivity contribution in [2.75, 3.05) is 18.5 Å². The molecule has 0 aliphatic rings. The van der Waals surface area contributed by atoms with Gasteiger partial charge in [0.15, 0.2) is 0 Å². The van der Waals surface area contributed by atoms with E-state index in [4.69, 9.17) is 9.47 Å². The zero-order valence-corrected chi connectivity index (χ0v) is 19.7. The number of unbranched alkanes of at least 4 members (excludes halogenated alkanes) is 1. The van der Waals surface area contributed by atoms with E-state index in [-0.39, 0.29) is 12.1 Å². The quantitative estimate of drug-likeness (QED) is 0.433. The zero-order valence-electron chi connectivity index (χ0n) is 19.7. The van der Waals surface area contributed by atoms with Crippen molar-refractivity contribution < 1.29 is 14.3 Å². The van der Waals surface area contributed by atoms with Crippen molar-refractivity contribution in [3.8, 4) is 0 Å². The molecule has 1 unspecified atom stereocenters. The van der Waals surface area contributed by atoms with Crippen LogP contribution in [0.5, 0.6) is 0 Å². The fourth-order valence-corrected chi connectivity index (χ4v) is 3.23. The fourth-order valence-electron chi connectivity index (χ4n) is 3.23. The van der Waals surface area contributed by atoms with Gasteiger partial charge in [0, 0.05) is 24.9 Å². The van der Waals surface area contributed by atoms with Gasteiger partial charge in [-0.3, -0.25) is 0 Å². The number of nitrogens with one attached hydrogen (secondary N) is 2. The Bertz CT molecular complexity index is 800. The number of amides is 1. The van der Waals surface area contributed by atoms with Crippen LogP contribution in [0.1, 0.15) is 56.7 Å². The lowest BCUT2D eigenvalue weighted by Crippen LogP contribution is -2.42.